The van der Waals surface area contributed by atoms with Crippen LogP contribution in [0.2, 0.25) is 0 Å². The average Bonchev–Trinajstić information content (AvgIpc) is 1.95. The highest BCUT2D eigenvalue weighted by atomic mass is 35.5. The van der Waals surface area contributed by atoms with Crippen molar-refractivity contribution in [1.29, 1.82) is 0 Å². The Balaban J connectivity index is 0.000001000. The Morgan fingerprint density at radius 2 is 1.18 bits per heavy atom. The van der Waals surface area contributed by atoms with Gasteiger partial charge in [0.05, 0.1) is 0 Å². The molecule has 1 rings (SSSR count). The summed E-state index contributed by atoms with van der Waals surface area (Å²) < 4.78 is 0. The van der Waals surface area contributed by atoms with Gasteiger partial charge in [0.15, 0.2) is 0 Å². The summed E-state index contributed by atoms with van der Waals surface area (Å²) in [6, 6.07) is 0. The first-order chi connectivity index (χ1) is 4.36. The van der Waals surface area contributed by atoms with Gasteiger partial charge in [0.25, 0.3) is 0 Å². The van der Waals surface area contributed by atoms with Gasteiger partial charge in [-0.05, 0) is 47.6 Å². The van der Waals surface area contributed by atoms with E-state index in [1.165, 1.54) is 12.8 Å². The molecule has 0 atom stereocenters. The molecule has 0 amide bonds. The molecule has 0 aromatic carbocycles. The second-order valence-electron chi connectivity index (χ2n) is 4.68. The molecule has 1 heterocycles. The summed E-state index contributed by atoms with van der Waals surface area (Å²) in [5.41, 5.74) is 0.840. The van der Waals surface area contributed by atoms with E-state index in [2.05, 4.69) is 39.6 Å². The molecule has 0 spiro atoms. The van der Waals surface area contributed by atoms with Gasteiger partial charge in [-0.3, -0.25) is 4.90 Å². The van der Waals surface area contributed by atoms with Crippen LogP contribution in [0.1, 0.15) is 40.5 Å². The highest BCUT2D eigenvalue weighted by molar-refractivity contribution is 5.85. The van der Waals surface area contributed by atoms with Crippen LogP contribution < -0.4 is 0 Å². The predicted octanol–water partition coefficient (Wildman–Crippen LogP) is 2.69. The fraction of sp³-hybridized carbons (Fsp3) is 1.00. The topological polar surface area (TPSA) is 3.24 Å². The molecule has 1 aliphatic rings. The Morgan fingerprint density at radius 3 is 1.27 bits per heavy atom. The van der Waals surface area contributed by atoms with Gasteiger partial charge < -0.3 is 0 Å². The maximum absolute atomic E-state index is 2.49. The zero-order valence-corrected chi connectivity index (χ0v) is 9.09. The summed E-state index contributed by atoms with van der Waals surface area (Å²) in [7, 11) is 2.23. The van der Waals surface area contributed by atoms with Crippen molar-refractivity contribution in [1.82, 2.24) is 4.90 Å². The largest absolute Gasteiger partial charge is 0.296 e. The molecule has 1 aliphatic heterocycles. The zero-order chi connectivity index (χ0) is 7.99. The molecule has 0 N–H and O–H groups in total. The summed E-state index contributed by atoms with van der Waals surface area (Å²) in [5, 5.41) is 0. The molecule has 0 saturated carbocycles. The molecule has 0 aromatic heterocycles. The van der Waals surface area contributed by atoms with Crippen LogP contribution in [0.5, 0.6) is 0 Å². The summed E-state index contributed by atoms with van der Waals surface area (Å²) in [6.45, 7) is 9.28. The lowest BCUT2D eigenvalue weighted by molar-refractivity contribution is 0.115. The van der Waals surface area contributed by atoms with Crippen molar-refractivity contribution in [2.24, 2.45) is 0 Å². The molecule has 68 valence electrons. The first-order valence-corrected chi connectivity index (χ1v) is 4.10. The quantitative estimate of drug-likeness (QED) is 0.550. The van der Waals surface area contributed by atoms with Gasteiger partial charge in [-0.15, -0.1) is 12.4 Å². The Labute approximate surface area is 76.6 Å². The third kappa shape index (κ3) is 1.88. The molecule has 1 nitrogen and oxygen atoms in total. The van der Waals surface area contributed by atoms with E-state index in [4.69, 9.17) is 0 Å². The molecule has 1 fully saturated rings. The Kier molecular flexibility index (Phi) is 3.01. The lowest BCUT2D eigenvalue weighted by Crippen LogP contribution is -2.44. The van der Waals surface area contributed by atoms with Gasteiger partial charge in [0.1, 0.15) is 0 Å². The van der Waals surface area contributed by atoms with Crippen LogP contribution in [0.15, 0.2) is 0 Å². The number of hydrogen-bond acceptors (Lipinski definition) is 1. The number of likely N-dealkylation sites (tertiary alicyclic amines) is 1. The normalized spacial score (nSPS) is 28.1. The molecule has 0 radical (unpaired) electrons. The van der Waals surface area contributed by atoms with Crippen LogP contribution >= 0.6 is 12.4 Å². The van der Waals surface area contributed by atoms with E-state index in [0.717, 1.165) is 0 Å². The van der Waals surface area contributed by atoms with E-state index in [-0.39, 0.29) is 12.4 Å². The van der Waals surface area contributed by atoms with Crippen LogP contribution in [-0.2, 0) is 0 Å². The standard InChI is InChI=1S/C9H19N.ClH/c1-8(2)6-7-9(3,4)10(8)5;/h6-7H2,1-5H3;1H. The summed E-state index contributed by atoms with van der Waals surface area (Å²) in [6.07, 6.45) is 2.66. The molecule has 0 unspecified atom stereocenters. The van der Waals surface area contributed by atoms with E-state index in [0.29, 0.717) is 11.1 Å². The smallest absolute Gasteiger partial charge is 0.0156 e. The molecule has 11 heavy (non-hydrogen) atoms. The van der Waals surface area contributed by atoms with Crippen molar-refractivity contribution >= 4 is 12.4 Å². The van der Waals surface area contributed by atoms with Gasteiger partial charge in [-0.2, -0.15) is 0 Å². The third-order valence-electron chi connectivity index (χ3n) is 3.16. The molecule has 0 bridgehead atoms. The van der Waals surface area contributed by atoms with Gasteiger partial charge in [-0.1, -0.05) is 0 Å². The summed E-state index contributed by atoms with van der Waals surface area (Å²) >= 11 is 0. The number of rotatable bonds is 0. The first-order valence-electron chi connectivity index (χ1n) is 4.10. The van der Waals surface area contributed by atoms with Crippen LogP contribution in [0.4, 0.5) is 0 Å². The van der Waals surface area contributed by atoms with Gasteiger partial charge >= 0.3 is 0 Å². The molecule has 1 saturated heterocycles. The minimum absolute atomic E-state index is 0. The van der Waals surface area contributed by atoms with Gasteiger partial charge in [0, 0.05) is 11.1 Å². The lowest BCUT2D eigenvalue weighted by atomic mass is 10.0. The second kappa shape index (κ2) is 2.95. The maximum atomic E-state index is 2.49. The van der Waals surface area contributed by atoms with E-state index in [1.807, 2.05) is 0 Å². The minimum Gasteiger partial charge on any atom is -0.296 e. The van der Waals surface area contributed by atoms with Crippen molar-refractivity contribution in [2.75, 3.05) is 7.05 Å². The SMILES string of the molecule is CN1C(C)(C)CCC1(C)C.Cl. The molecule has 0 aromatic rings. The van der Waals surface area contributed by atoms with Crippen LogP contribution in [0.25, 0.3) is 0 Å². The molecule has 2 heteroatoms. The van der Waals surface area contributed by atoms with Crippen molar-refractivity contribution in [3.63, 3.8) is 0 Å². The highest BCUT2D eigenvalue weighted by Gasteiger charge is 2.41. The zero-order valence-electron chi connectivity index (χ0n) is 8.27. The number of nitrogens with zero attached hydrogens (tertiary/aromatic N) is 1. The fourth-order valence-electron chi connectivity index (χ4n) is 1.77. The van der Waals surface area contributed by atoms with Crippen LogP contribution in [-0.4, -0.2) is 23.0 Å². The molecular weight excluding hydrogens is 158 g/mol. The van der Waals surface area contributed by atoms with E-state index in [9.17, 15) is 0 Å². The van der Waals surface area contributed by atoms with E-state index >= 15 is 0 Å². The maximum Gasteiger partial charge on any atom is 0.0156 e. The summed E-state index contributed by atoms with van der Waals surface area (Å²) in [5.74, 6) is 0. The van der Waals surface area contributed by atoms with Crippen molar-refractivity contribution < 1.29 is 0 Å². The van der Waals surface area contributed by atoms with Gasteiger partial charge in [-0.25, -0.2) is 0 Å². The highest BCUT2D eigenvalue weighted by Crippen LogP contribution is 2.38. The number of hydrogen-bond donors (Lipinski definition) is 0. The summed E-state index contributed by atoms with van der Waals surface area (Å²) in [4.78, 5) is 2.49. The Bertz CT molecular complexity index is 124. The third-order valence-corrected chi connectivity index (χ3v) is 3.16. The number of halogens is 1. The fourth-order valence-corrected chi connectivity index (χ4v) is 1.77. The second-order valence-corrected chi connectivity index (χ2v) is 4.68. The van der Waals surface area contributed by atoms with Crippen molar-refractivity contribution in [3.8, 4) is 0 Å². The monoisotopic (exact) mass is 177 g/mol. The van der Waals surface area contributed by atoms with E-state index in [1.54, 1.807) is 0 Å². The first kappa shape index (κ1) is 11.2. The minimum atomic E-state index is 0. The molecular formula is C9H20ClN. The molecule has 0 aliphatic carbocycles. The Morgan fingerprint density at radius 1 is 0.909 bits per heavy atom. The lowest BCUT2D eigenvalue weighted by Gasteiger charge is -2.36. The van der Waals surface area contributed by atoms with Crippen molar-refractivity contribution in [3.05, 3.63) is 0 Å². The van der Waals surface area contributed by atoms with E-state index < -0.39 is 0 Å². The van der Waals surface area contributed by atoms with Gasteiger partial charge in [0.2, 0.25) is 0 Å². The average molecular weight is 178 g/mol. The van der Waals surface area contributed by atoms with Crippen molar-refractivity contribution in [2.45, 2.75) is 51.6 Å². The Hall–Kier alpha value is 0.250. The predicted molar refractivity (Wildman–Crippen MR) is 52.4 cm³/mol. The van der Waals surface area contributed by atoms with Crippen LogP contribution in [0, 0.1) is 0 Å². The van der Waals surface area contributed by atoms with Crippen LogP contribution in [0.3, 0.4) is 0 Å².